The molecule has 0 aromatic heterocycles. The van der Waals surface area contributed by atoms with Crippen LogP contribution in [0.15, 0.2) is 0 Å². The molecule has 0 heterocycles. The predicted molar refractivity (Wildman–Crippen MR) is 74.5 cm³/mol. The largest absolute Gasteiger partial charge is 0.389 e. The Labute approximate surface area is 120 Å². The Kier molecular flexibility index (Phi) is 12.3. The summed E-state index contributed by atoms with van der Waals surface area (Å²) in [4.78, 5) is 22.5. The summed E-state index contributed by atoms with van der Waals surface area (Å²) >= 11 is 0. The third-order valence-electron chi connectivity index (χ3n) is 2.53. The average molecular weight is 290 g/mol. The highest BCUT2D eigenvalue weighted by Gasteiger charge is 2.13. The van der Waals surface area contributed by atoms with Crippen LogP contribution in [0.1, 0.15) is 20.3 Å². The summed E-state index contributed by atoms with van der Waals surface area (Å²) < 4.78 is 10.5. The van der Waals surface area contributed by atoms with Crippen LogP contribution in [0.2, 0.25) is 0 Å². The van der Waals surface area contributed by atoms with Gasteiger partial charge in [0.15, 0.2) is 5.78 Å². The maximum Gasteiger partial charge on any atom is 0.222 e. The standard InChI is InChI=1S/C13H26N2O5/c1-3-14-5-7-20-9-8-19-6-4-13(18)15-11(2)12(17)10-16/h11,14,16H,3-10H2,1-2H3,(H,15,18)/t11-/m1/s1. The zero-order valence-corrected chi connectivity index (χ0v) is 12.3. The minimum atomic E-state index is -0.665. The number of aliphatic hydroxyl groups excluding tert-OH is 1. The van der Waals surface area contributed by atoms with Gasteiger partial charge < -0.3 is 25.2 Å². The number of amides is 1. The number of ether oxygens (including phenoxy) is 2. The molecule has 118 valence electrons. The van der Waals surface area contributed by atoms with Gasteiger partial charge in [0.1, 0.15) is 6.61 Å². The molecule has 0 aliphatic rings. The summed E-state index contributed by atoms with van der Waals surface area (Å²) in [6.07, 6.45) is 0.181. The van der Waals surface area contributed by atoms with Crippen molar-refractivity contribution in [1.82, 2.24) is 10.6 Å². The fourth-order valence-electron chi connectivity index (χ4n) is 1.34. The van der Waals surface area contributed by atoms with Crippen molar-refractivity contribution in [3.05, 3.63) is 0 Å². The van der Waals surface area contributed by atoms with E-state index >= 15 is 0 Å². The molecule has 7 heteroatoms. The highest BCUT2D eigenvalue weighted by molar-refractivity contribution is 5.89. The van der Waals surface area contributed by atoms with E-state index in [1.807, 2.05) is 6.92 Å². The molecule has 0 rings (SSSR count). The molecule has 0 aliphatic heterocycles. The summed E-state index contributed by atoms with van der Waals surface area (Å²) in [6, 6.07) is -0.665. The molecule has 20 heavy (non-hydrogen) atoms. The quantitative estimate of drug-likeness (QED) is 0.380. The molecular formula is C13H26N2O5. The molecular weight excluding hydrogens is 264 g/mol. The maximum atomic E-state index is 11.4. The van der Waals surface area contributed by atoms with E-state index in [0.29, 0.717) is 19.8 Å². The van der Waals surface area contributed by atoms with Crippen molar-refractivity contribution in [1.29, 1.82) is 0 Å². The number of Topliss-reactive ketones (excluding diaryl/α,β-unsaturated/α-hetero) is 1. The van der Waals surface area contributed by atoms with Gasteiger partial charge in [0, 0.05) is 13.0 Å². The Bertz CT molecular complexity index is 273. The number of hydrogen-bond donors (Lipinski definition) is 3. The van der Waals surface area contributed by atoms with Crippen molar-refractivity contribution in [2.75, 3.05) is 46.1 Å². The highest BCUT2D eigenvalue weighted by Crippen LogP contribution is 1.89. The number of likely N-dealkylation sites (N-methyl/N-ethyl adjacent to an activating group) is 1. The number of aliphatic hydroxyl groups is 1. The van der Waals surface area contributed by atoms with E-state index in [9.17, 15) is 9.59 Å². The fourth-order valence-corrected chi connectivity index (χ4v) is 1.34. The Morgan fingerprint density at radius 2 is 1.80 bits per heavy atom. The van der Waals surface area contributed by atoms with Gasteiger partial charge in [0.25, 0.3) is 0 Å². The van der Waals surface area contributed by atoms with Crippen LogP contribution >= 0.6 is 0 Å². The van der Waals surface area contributed by atoms with Crippen molar-refractivity contribution in [3.8, 4) is 0 Å². The smallest absolute Gasteiger partial charge is 0.222 e. The number of nitrogens with one attached hydrogen (secondary N) is 2. The second-order valence-electron chi connectivity index (χ2n) is 4.24. The van der Waals surface area contributed by atoms with Crippen molar-refractivity contribution in [2.45, 2.75) is 26.3 Å². The third-order valence-corrected chi connectivity index (χ3v) is 2.53. The minimum absolute atomic E-state index is 0.181. The lowest BCUT2D eigenvalue weighted by molar-refractivity contribution is -0.129. The molecule has 0 aromatic carbocycles. The van der Waals surface area contributed by atoms with Gasteiger partial charge in [-0.15, -0.1) is 0 Å². The molecule has 1 atom stereocenters. The molecule has 0 aromatic rings. The molecule has 0 fully saturated rings. The van der Waals surface area contributed by atoms with Gasteiger partial charge in [0.2, 0.25) is 5.91 Å². The minimum Gasteiger partial charge on any atom is -0.389 e. The van der Waals surface area contributed by atoms with Gasteiger partial charge in [-0.2, -0.15) is 0 Å². The summed E-state index contributed by atoms with van der Waals surface area (Å²) in [6.45, 7) is 6.58. The lowest BCUT2D eigenvalue weighted by Gasteiger charge is -2.11. The molecule has 3 N–H and O–H groups in total. The first-order chi connectivity index (χ1) is 9.61. The van der Waals surface area contributed by atoms with Gasteiger partial charge in [-0.05, 0) is 13.5 Å². The Balaban J connectivity index is 3.37. The van der Waals surface area contributed by atoms with E-state index < -0.39 is 18.4 Å². The molecule has 0 saturated heterocycles. The molecule has 1 amide bonds. The second kappa shape index (κ2) is 13.0. The monoisotopic (exact) mass is 290 g/mol. The van der Waals surface area contributed by atoms with Crippen LogP contribution in [0.5, 0.6) is 0 Å². The van der Waals surface area contributed by atoms with Crippen LogP contribution in [0.3, 0.4) is 0 Å². The predicted octanol–water partition coefficient (Wildman–Crippen LogP) is -0.915. The van der Waals surface area contributed by atoms with Gasteiger partial charge in [-0.25, -0.2) is 0 Å². The van der Waals surface area contributed by atoms with Gasteiger partial charge in [-0.1, -0.05) is 6.92 Å². The van der Waals surface area contributed by atoms with Crippen LogP contribution in [-0.2, 0) is 19.1 Å². The van der Waals surface area contributed by atoms with E-state index in [1.54, 1.807) is 0 Å². The Hall–Kier alpha value is -1.02. The van der Waals surface area contributed by atoms with E-state index in [4.69, 9.17) is 14.6 Å². The zero-order valence-electron chi connectivity index (χ0n) is 12.3. The normalized spacial score (nSPS) is 12.2. The lowest BCUT2D eigenvalue weighted by atomic mass is 10.2. The number of carbonyl (C=O) groups excluding carboxylic acids is 2. The molecule has 0 bridgehead atoms. The van der Waals surface area contributed by atoms with E-state index in [0.717, 1.165) is 13.1 Å². The molecule has 7 nitrogen and oxygen atoms in total. The third kappa shape index (κ3) is 10.9. The number of hydrogen-bond acceptors (Lipinski definition) is 6. The summed E-state index contributed by atoms with van der Waals surface area (Å²) in [7, 11) is 0. The molecule has 0 aliphatic carbocycles. The van der Waals surface area contributed by atoms with Gasteiger partial charge >= 0.3 is 0 Å². The Morgan fingerprint density at radius 3 is 2.40 bits per heavy atom. The van der Waals surface area contributed by atoms with E-state index in [-0.39, 0.29) is 18.9 Å². The fraction of sp³-hybridized carbons (Fsp3) is 0.846. The van der Waals surface area contributed by atoms with Crippen molar-refractivity contribution >= 4 is 11.7 Å². The topological polar surface area (TPSA) is 96.9 Å². The number of rotatable bonds is 13. The first-order valence-electron chi connectivity index (χ1n) is 6.91. The van der Waals surface area contributed by atoms with Crippen LogP contribution in [0.25, 0.3) is 0 Å². The van der Waals surface area contributed by atoms with E-state index in [1.165, 1.54) is 6.92 Å². The van der Waals surface area contributed by atoms with E-state index in [2.05, 4.69) is 10.6 Å². The molecule has 0 saturated carbocycles. The number of carbonyl (C=O) groups is 2. The van der Waals surface area contributed by atoms with Crippen molar-refractivity contribution in [3.63, 3.8) is 0 Å². The maximum absolute atomic E-state index is 11.4. The van der Waals surface area contributed by atoms with Crippen LogP contribution in [-0.4, -0.2) is 69.0 Å². The zero-order chi connectivity index (χ0) is 15.2. The molecule has 0 spiro atoms. The Morgan fingerprint density at radius 1 is 1.15 bits per heavy atom. The van der Waals surface area contributed by atoms with Crippen molar-refractivity contribution < 1.29 is 24.2 Å². The van der Waals surface area contributed by atoms with Crippen molar-refractivity contribution in [2.24, 2.45) is 0 Å². The first-order valence-corrected chi connectivity index (χ1v) is 6.91. The molecule has 0 unspecified atom stereocenters. The SMILES string of the molecule is CCNCCOCCOCCC(=O)N[C@H](C)C(=O)CO. The lowest BCUT2D eigenvalue weighted by Crippen LogP contribution is -2.40. The van der Waals surface area contributed by atoms with Crippen LogP contribution < -0.4 is 10.6 Å². The summed E-state index contributed by atoms with van der Waals surface area (Å²) in [5.41, 5.74) is 0. The average Bonchev–Trinajstić information content (AvgIpc) is 2.44. The first kappa shape index (κ1) is 19.0. The second-order valence-corrected chi connectivity index (χ2v) is 4.24. The van der Waals surface area contributed by atoms with Gasteiger partial charge in [0.05, 0.1) is 32.5 Å². The highest BCUT2D eigenvalue weighted by atomic mass is 16.5. The van der Waals surface area contributed by atoms with Gasteiger partial charge in [-0.3, -0.25) is 9.59 Å². The van der Waals surface area contributed by atoms with Crippen LogP contribution in [0, 0.1) is 0 Å². The number of ketones is 1. The summed E-state index contributed by atoms with van der Waals surface area (Å²) in [5, 5.41) is 14.2. The van der Waals surface area contributed by atoms with Crippen LogP contribution in [0.4, 0.5) is 0 Å². The molecule has 0 radical (unpaired) electrons. The summed E-state index contributed by atoms with van der Waals surface area (Å²) in [5.74, 6) is -0.680.